The number of alkyl halides is 3. The molecular formula is C10H16Cl3NO3. The van der Waals surface area contributed by atoms with Gasteiger partial charge in [0.25, 0.3) is 3.79 Å². The van der Waals surface area contributed by atoms with Crippen molar-refractivity contribution in [1.29, 1.82) is 5.41 Å². The highest BCUT2D eigenvalue weighted by Gasteiger charge is 2.40. The molecule has 1 aliphatic rings. The molecule has 4 nitrogen and oxygen atoms in total. The number of ether oxygens (including phenoxy) is 3. The molecule has 2 atom stereocenters. The summed E-state index contributed by atoms with van der Waals surface area (Å²) in [4.78, 5) is 0. The highest BCUT2D eigenvalue weighted by Crippen LogP contribution is 2.34. The van der Waals surface area contributed by atoms with Gasteiger partial charge < -0.3 is 14.2 Å². The van der Waals surface area contributed by atoms with Crippen LogP contribution in [0.5, 0.6) is 0 Å². The Bertz CT molecular complexity index is 291. The number of hydrogen-bond acceptors (Lipinski definition) is 4. The molecule has 0 aromatic carbocycles. The molecule has 100 valence electrons. The molecule has 1 saturated heterocycles. The molecule has 1 heterocycles. The number of hydrogen-bond donors (Lipinski definition) is 1. The van der Waals surface area contributed by atoms with Crippen molar-refractivity contribution >= 4 is 40.7 Å². The Morgan fingerprint density at radius 2 is 1.94 bits per heavy atom. The summed E-state index contributed by atoms with van der Waals surface area (Å²) in [7, 11) is 1.64. The second-order valence-corrected chi connectivity index (χ2v) is 6.68. The second-order valence-electron chi connectivity index (χ2n) is 4.40. The molecule has 0 spiro atoms. The maximum atomic E-state index is 7.47. The van der Waals surface area contributed by atoms with E-state index in [0.29, 0.717) is 6.42 Å². The van der Waals surface area contributed by atoms with E-state index in [4.69, 9.17) is 54.4 Å². The van der Waals surface area contributed by atoms with Gasteiger partial charge in [-0.2, -0.15) is 0 Å². The maximum absolute atomic E-state index is 7.47. The van der Waals surface area contributed by atoms with Crippen molar-refractivity contribution in [3.05, 3.63) is 0 Å². The van der Waals surface area contributed by atoms with Crippen molar-refractivity contribution in [1.82, 2.24) is 0 Å². The third kappa shape index (κ3) is 4.14. The van der Waals surface area contributed by atoms with Crippen LogP contribution in [0.25, 0.3) is 0 Å². The smallest absolute Gasteiger partial charge is 0.265 e. The summed E-state index contributed by atoms with van der Waals surface area (Å²) in [5.41, 5.74) is -0.494. The monoisotopic (exact) mass is 303 g/mol. The summed E-state index contributed by atoms with van der Waals surface area (Å²) in [6, 6.07) is 0. The van der Waals surface area contributed by atoms with Crippen LogP contribution >= 0.6 is 34.8 Å². The summed E-state index contributed by atoms with van der Waals surface area (Å²) in [6.45, 7) is 3.80. The fraction of sp³-hybridized carbons (Fsp3) is 0.900. The predicted molar refractivity (Wildman–Crippen MR) is 68.1 cm³/mol. The molecule has 7 heteroatoms. The predicted octanol–water partition coefficient (Wildman–Crippen LogP) is 3.28. The first-order chi connectivity index (χ1) is 7.66. The van der Waals surface area contributed by atoms with Gasteiger partial charge in [-0.1, -0.05) is 34.8 Å². The minimum absolute atomic E-state index is 0.00991. The van der Waals surface area contributed by atoms with E-state index in [2.05, 4.69) is 0 Å². The quantitative estimate of drug-likeness (QED) is 0.484. The van der Waals surface area contributed by atoms with Gasteiger partial charge in [0.2, 0.25) is 12.2 Å². The number of rotatable bonds is 2. The third-order valence-electron chi connectivity index (χ3n) is 2.67. The highest BCUT2D eigenvalue weighted by molar-refractivity contribution is 6.76. The molecule has 2 unspecified atom stereocenters. The Kier molecular flexibility index (Phi) is 4.95. The molecule has 0 aliphatic carbocycles. The fourth-order valence-electron chi connectivity index (χ4n) is 1.79. The van der Waals surface area contributed by atoms with Gasteiger partial charge in [0.05, 0.1) is 11.7 Å². The standard InChI is InChI=1S/C10H16Cl3NO3/c1-9(2)6(15-3)4-5-7(17-9)16-8(14)10(11,12)13/h6-7,14H,4-5H2,1-3H3. The molecule has 0 aromatic rings. The van der Waals surface area contributed by atoms with E-state index >= 15 is 0 Å². The number of nitrogens with one attached hydrogen (secondary N) is 1. The average molecular weight is 305 g/mol. The van der Waals surface area contributed by atoms with E-state index in [1.165, 1.54) is 0 Å². The van der Waals surface area contributed by atoms with Crippen LogP contribution in [0.15, 0.2) is 0 Å². The highest BCUT2D eigenvalue weighted by atomic mass is 35.6. The van der Waals surface area contributed by atoms with Crippen molar-refractivity contribution in [2.24, 2.45) is 0 Å². The molecule has 1 aliphatic heterocycles. The molecule has 0 saturated carbocycles. The van der Waals surface area contributed by atoms with Gasteiger partial charge >= 0.3 is 0 Å². The number of methoxy groups -OCH3 is 1. The Morgan fingerprint density at radius 1 is 1.35 bits per heavy atom. The zero-order chi connectivity index (χ0) is 13.3. The SMILES string of the molecule is COC1CCC(OC(=N)C(Cl)(Cl)Cl)OC1(C)C. The second kappa shape index (κ2) is 5.49. The van der Waals surface area contributed by atoms with E-state index in [0.717, 1.165) is 6.42 Å². The zero-order valence-electron chi connectivity index (χ0n) is 9.93. The summed E-state index contributed by atoms with van der Waals surface area (Å²) in [6.07, 6.45) is 0.760. The Morgan fingerprint density at radius 3 is 2.35 bits per heavy atom. The topological polar surface area (TPSA) is 51.5 Å². The Labute approximate surface area is 116 Å². The van der Waals surface area contributed by atoms with E-state index in [-0.39, 0.29) is 6.10 Å². The largest absolute Gasteiger partial charge is 0.448 e. The van der Waals surface area contributed by atoms with Crippen molar-refractivity contribution < 1.29 is 14.2 Å². The van der Waals surface area contributed by atoms with Crippen molar-refractivity contribution in [3.8, 4) is 0 Å². The third-order valence-corrected chi connectivity index (χ3v) is 3.18. The first-order valence-electron chi connectivity index (χ1n) is 5.20. The first kappa shape index (κ1) is 15.3. The Balaban J connectivity index is 2.57. The van der Waals surface area contributed by atoms with Crippen LogP contribution in [0.4, 0.5) is 0 Å². The van der Waals surface area contributed by atoms with E-state index in [9.17, 15) is 0 Å². The summed E-state index contributed by atoms with van der Waals surface area (Å²) in [5.74, 6) is -0.431. The number of halogens is 3. The van der Waals surface area contributed by atoms with Gasteiger partial charge in [-0.25, -0.2) is 0 Å². The normalized spacial score (nSPS) is 28.8. The molecular weight excluding hydrogens is 288 g/mol. The van der Waals surface area contributed by atoms with Crippen LogP contribution in [0.1, 0.15) is 26.7 Å². The lowest BCUT2D eigenvalue weighted by atomic mass is 9.94. The van der Waals surface area contributed by atoms with Gasteiger partial charge in [0, 0.05) is 13.5 Å². The molecule has 0 bridgehead atoms. The molecule has 1 N–H and O–H groups in total. The summed E-state index contributed by atoms with van der Waals surface area (Å²) < 4.78 is 14.3. The molecule has 0 aromatic heterocycles. The van der Waals surface area contributed by atoms with Crippen LogP contribution in [-0.4, -0.2) is 34.8 Å². The van der Waals surface area contributed by atoms with Gasteiger partial charge in [0.15, 0.2) is 0 Å². The van der Waals surface area contributed by atoms with Gasteiger partial charge in [-0.15, -0.1) is 0 Å². The molecule has 1 fully saturated rings. The summed E-state index contributed by atoms with van der Waals surface area (Å²) in [5, 5.41) is 7.47. The van der Waals surface area contributed by atoms with Crippen LogP contribution in [0.3, 0.4) is 0 Å². The van der Waals surface area contributed by atoms with E-state index in [1.54, 1.807) is 7.11 Å². The maximum Gasteiger partial charge on any atom is 0.265 e. The lowest BCUT2D eigenvalue weighted by Gasteiger charge is -2.41. The minimum atomic E-state index is -1.86. The van der Waals surface area contributed by atoms with E-state index in [1.807, 2.05) is 13.8 Å². The van der Waals surface area contributed by atoms with Gasteiger partial charge in [0.1, 0.15) is 0 Å². The zero-order valence-corrected chi connectivity index (χ0v) is 12.2. The van der Waals surface area contributed by atoms with Crippen molar-refractivity contribution in [2.75, 3.05) is 7.11 Å². The lowest BCUT2D eigenvalue weighted by molar-refractivity contribution is -0.238. The van der Waals surface area contributed by atoms with Crippen molar-refractivity contribution in [3.63, 3.8) is 0 Å². The van der Waals surface area contributed by atoms with Gasteiger partial charge in [-0.05, 0) is 20.3 Å². The van der Waals surface area contributed by atoms with Gasteiger partial charge in [-0.3, -0.25) is 5.41 Å². The minimum Gasteiger partial charge on any atom is -0.448 e. The summed E-state index contributed by atoms with van der Waals surface area (Å²) >= 11 is 16.6. The Hall–Kier alpha value is 0.260. The van der Waals surface area contributed by atoms with Crippen LogP contribution in [0.2, 0.25) is 0 Å². The molecule has 17 heavy (non-hydrogen) atoms. The lowest BCUT2D eigenvalue weighted by Crippen LogP contribution is -2.49. The molecule has 1 rings (SSSR count). The molecule has 0 radical (unpaired) electrons. The van der Waals surface area contributed by atoms with Crippen LogP contribution in [0, 0.1) is 5.41 Å². The van der Waals surface area contributed by atoms with Crippen molar-refractivity contribution in [2.45, 2.75) is 48.5 Å². The molecule has 0 amide bonds. The van der Waals surface area contributed by atoms with Crippen LogP contribution < -0.4 is 0 Å². The fourth-order valence-corrected chi connectivity index (χ4v) is 1.93. The van der Waals surface area contributed by atoms with E-state index < -0.39 is 21.6 Å². The first-order valence-corrected chi connectivity index (χ1v) is 6.33. The average Bonchev–Trinajstić information content (AvgIpc) is 2.14. The van der Waals surface area contributed by atoms with Crippen LogP contribution in [-0.2, 0) is 14.2 Å².